The van der Waals surface area contributed by atoms with E-state index in [1.165, 1.54) is 39.4 Å². The number of aryl methyl sites for hydroxylation is 1. The lowest BCUT2D eigenvalue weighted by Gasteiger charge is -2.15. The number of hydrogen-bond acceptors (Lipinski definition) is 4. The van der Waals surface area contributed by atoms with Crippen LogP contribution in [0.15, 0.2) is 47.4 Å². The number of halogens is 1. The Hall–Kier alpha value is -2.35. The average Bonchev–Trinajstić information content (AvgIpc) is 2.62. The SMILES string of the molecule is COc1ccc(NC(=O)/C=C/c2ccc(C)c(Cl)c2)cc1S(=O)(=O)N(C)C. The summed E-state index contributed by atoms with van der Waals surface area (Å²) in [6, 6.07) is 9.90. The summed E-state index contributed by atoms with van der Waals surface area (Å²) in [5.41, 5.74) is 2.07. The minimum absolute atomic E-state index is 0.0258. The van der Waals surface area contributed by atoms with E-state index in [-0.39, 0.29) is 10.6 Å². The van der Waals surface area contributed by atoms with Crippen molar-refractivity contribution in [3.05, 3.63) is 58.6 Å². The third kappa shape index (κ3) is 5.09. The maximum Gasteiger partial charge on any atom is 0.248 e. The number of ether oxygens (including phenoxy) is 1. The van der Waals surface area contributed by atoms with Gasteiger partial charge < -0.3 is 10.1 Å². The fraction of sp³-hybridized carbons (Fsp3) is 0.211. The quantitative estimate of drug-likeness (QED) is 0.741. The molecule has 2 aromatic rings. The maximum absolute atomic E-state index is 12.4. The summed E-state index contributed by atoms with van der Waals surface area (Å²) >= 11 is 6.07. The van der Waals surface area contributed by atoms with Crippen molar-refractivity contribution >= 4 is 39.3 Å². The highest BCUT2D eigenvalue weighted by Crippen LogP contribution is 2.28. The topological polar surface area (TPSA) is 75.7 Å². The highest BCUT2D eigenvalue weighted by atomic mass is 35.5. The molecule has 0 aromatic heterocycles. The second kappa shape index (κ2) is 8.56. The lowest BCUT2D eigenvalue weighted by Crippen LogP contribution is -2.23. The zero-order valence-electron chi connectivity index (χ0n) is 15.5. The minimum atomic E-state index is -3.72. The van der Waals surface area contributed by atoms with Gasteiger partial charge in [-0.1, -0.05) is 23.7 Å². The Labute approximate surface area is 164 Å². The van der Waals surface area contributed by atoms with E-state index in [2.05, 4.69) is 5.32 Å². The molecule has 0 fully saturated rings. The van der Waals surface area contributed by atoms with Gasteiger partial charge in [-0.25, -0.2) is 12.7 Å². The summed E-state index contributed by atoms with van der Waals surface area (Å²) in [6.45, 7) is 1.89. The van der Waals surface area contributed by atoms with Crippen molar-refractivity contribution < 1.29 is 17.9 Å². The summed E-state index contributed by atoms with van der Waals surface area (Å²) in [7, 11) is 0.521. The molecule has 2 rings (SSSR count). The molecule has 0 heterocycles. The van der Waals surface area contributed by atoms with E-state index in [0.717, 1.165) is 15.4 Å². The van der Waals surface area contributed by atoms with Crippen LogP contribution >= 0.6 is 11.6 Å². The number of methoxy groups -OCH3 is 1. The number of hydrogen-bond donors (Lipinski definition) is 1. The van der Waals surface area contributed by atoms with Crippen molar-refractivity contribution in [3.63, 3.8) is 0 Å². The fourth-order valence-electron chi connectivity index (χ4n) is 2.22. The van der Waals surface area contributed by atoms with E-state index < -0.39 is 15.9 Å². The van der Waals surface area contributed by atoms with Gasteiger partial charge in [0.2, 0.25) is 15.9 Å². The highest BCUT2D eigenvalue weighted by molar-refractivity contribution is 7.89. The molecule has 2 aromatic carbocycles. The van der Waals surface area contributed by atoms with Gasteiger partial charge in [0.15, 0.2) is 0 Å². The van der Waals surface area contributed by atoms with Gasteiger partial charge >= 0.3 is 0 Å². The van der Waals surface area contributed by atoms with Gasteiger partial charge in [0, 0.05) is 30.9 Å². The molecule has 0 radical (unpaired) electrons. The predicted molar refractivity (Wildman–Crippen MR) is 108 cm³/mol. The molecule has 0 aliphatic heterocycles. The second-order valence-corrected chi connectivity index (χ2v) is 8.51. The van der Waals surface area contributed by atoms with Gasteiger partial charge in [0.25, 0.3) is 0 Å². The molecule has 8 heteroatoms. The number of benzene rings is 2. The minimum Gasteiger partial charge on any atom is -0.495 e. The van der Waals surface area contributed by atoms with Crippen LogP contribution < -0.4 is 10.1 Å². The third-order valence-corrected chi connectivity index (χ3v) is 6.06. The molecule has 6 nitrogen and oxygen atoms in total. The highest BCUT2D eigenvalue weighted by Gasteiger charge is 2.22. The first-order valence-electron chi connectivity index (χ1n) is 8.01. The van der Waals surface area contributed by atoms with E-state index in [0.29, 0.717) is 10.7 Å². The first kappa shape index (κ1) is 21.0. The van der Waals surface area contributed by atoms with E-state index >= 15 is 0 Å². The van der Waals surface area contributed by atoms with Gasteiger partial charge in [-0.05, 0) is 48.4 Å². The van der Waals surface area contributed by atoms with E-state index in [9.17, 15) is 13.2 Å². The van der Waals surface area contributed by atoms with Crippen LogP contribution in [0.4, 0.5) is 5.69 Å². The Morgan fingerprint density at radius 1 is 1.19 bits per heavy atom. The Balaban J connectivity index is 2.23. The largest absolute Gasteiger partial charge is 0.495 e. The molecule has 0 unspecified atom stereocenters. The lowest BCUT2D eigenvalue weighted by atomic mass is 10.1. The monoisotopic (exact) mass is 408 g/mol. The number of carbonyl (C=O) groups excluding carboxylic acids is 1. The Morgan fingerprint density at radius 2 is 1.89 bits per heavy atom. The molecule has 1 amide bonds. The molecule has 0 aliphatic rings. The molecule has 144 valence electrons. The number of nitrogens with one attached hydrogen (secondary N) is 1. The Bertz CT molecular complexity index is 985. The number of amides is 1. The van der Waals surface area contributed by atoms with Gasteiger partial charge in [0.1, 0.15) is 10.6 Å². The second-order valence-electron chi connectivity index (χ2n) is 5.98. The Morgan fingerprint density at radius 3 is 2.48 bits per heavy atom. The van der Waals surface area contributed by atoms with Crippen molar-refractivity contribution in [3.8, 4) is 5.75 Å². The van der Waals surface area contributed by atoms with Crippen LogP contribution in [0.3, 0.4) is 0 Å². The van der Waals surface area contributed by atoms with Crippen molar-refractivity contribution in [2.24, 2.45) is 0 Å². The zero-order valence-corrected chi connectivity index (χ0v) is 17.1. The van der Waals surface area contributed by atoms with Gasteiger partial charge in [-0.3, -0.25) is 4.79 Å². The normalized spacial score (nSPS) is 11.8. The third-order valence-electron chi connectivity index (χ3n) is 3.81. The van der Waals surface area contributed by atoms with Crippen LogP contribution in [-0.4, -0.2) is 39.8 Å². The summed E-state index contributed by atoms with van der Waals surface area (Å²) in [6.07, 6.45) is 2.98. The number of rotatable bonds is 6. The summed E-state index contributed by atoms with van der Waals surface area (Å²) in [4.78, 5) is 12.1. The van der Waals surface area contributed by atoms with Crippen molar-refractivity contribution in [1.29, 1.82) is 0 Å². The maximum atomic E-state index is 12.4. The number of carbonyl (C=O) groups is 1. The molecule has 0 atom stereocenters. The molecular formula is C19H21ClN2O4S. The van der Waals surface area contributed by atoms with Crippen LogP contribution in [-0.2, 0) is 14.8 Å². The van der Waals surface area contributed by atoms with Crippen molar-refractivity contribution in [2.45, 2.75) is 11.8 Å². The van der Waals surface area contributed by atoms with Crippen LogP contribution in [0.25, 0.3) is 6.08 Å². The number of nitrogens with zero attached hydrogens (tertiary/aromatic N) is 1. The van der Waals surface area contributed by atoms with Crippen LogP contribution in [0, 0.1) is 6.92 Å². The molecular weight excluding hydrogens is 388 g/mol. The molecule has 0 spiro atoms. The molecule has 0 aliphatic carbocycles. The zero-order chi connectivity index (χ0) is 20.2. The Kier molecular flexibility index (Phi) is 6.64. The van der Waals surface area contributed by atoms with E-state index in [1.807, 2.05) is 19.1 Å². The van der Waals surface area contributed by atoms with E-state index in [4.69, 9.17) is 16.3 Å². The first-order valence-corrected chi connectivity index (χ1v) is 9.82. The molecule has 1 N–H and O–H groups in total. The van der Waals surface area contributed by atoms with Crippen molar-refractivity contribution in [1.82, 2.24) is 4.31 Å². The number of sulfonamides is 1. The van der Waals surface area contributed by atoms with Crippen LogP contribution in [0.1, 0.15) is 11.1 Å². The van der Waals surface area contributed by atoms with Crippen molar-refractivity contribution in [2.75, 3.05) is 26.5 Å². The van der Waals surface area contributed by atoms with Gasteiger partial charge in [-0.2, -0.15) is 0 Å². The summed E-state index contributed by atoms with van der Waals surface area (Å²) in [5.74, 6) is -0.198. The number of anilines is 1. The molecule has 27 heavy (non-hydrogen) atoms. The van der Waals surface area contributed by atoms with Gasteiger partial charge in [-0.15, -0.1) is 0 Å². The predicted octanol–water partition coefficient (Wildman–Crippen LogP) is 3.56. The smallest absolute Gasteiger partial charge is 0.248 e. The first-order chi connectivity index (χ1) is 12.6. The van der Waals surface area contributed by atoms with Crippen LogP contribution in [0.5, 0.6) is 5.75 Å². The lowest BCUT2D eigenvalue weighted by molar-refractivity contribution is -0.111. The molecule has 0 saturated heterocycles. The van der Waals surface area contributed by atoms with Gasteiger partial charge in [0.05, 0.1) is 7.11 Å². The molecule has 0 bridgehead atoms. The fourth-order valence-corrected chi connectivity index (χ4v) is 3.49. The summed E-state index contributed by atoms with van der Waals surface area (Å²) in [5, 5.41) is 3.26. The molecule has 0 saturated carbocycles. The standard InChI is InChI=1S/C19H21ClN2O4S/c1-13-5-6-14(11-16(13)20)7-10-19(23)21-15-8-9-17(26-4)18(12-15)27(24,25)22(2)3/h5-12H,1-4H3,(H,21,23)/b10-7+. The van der Waals surface area contributed by atoms with Crippen LogP contribution in [0.2, 0.25) is 5.02 Å². The van der Waals surface area contributed by atoms with E-state index in [1.54, 1.807) is 18.2 Å². The average molecular weight is 409 g/mol. The summed E-state index contributed by atoms with van der Waals surface area (Å²) < 4.78 is 31.1.